The van der Waals surface area contributed by atoms with E-state index in [-0.39, 0.29) is 41.9 Å². The van der Waals surface area contributed by atoms with Crippen LogP contribution >= 0.6 is 0 Å². The summed E-state index contributed by atoms with van der Waals surface area (Å²) in [5.41, 5.74) is 3.45. The summed E-state index contributed by atoms with van der Waals surface area (Å²) in [6, 6.07) is 8.35. The fraction of sp³-hybridized carbons (Fsp3) is 0.300. The van der Waals surface area contributed by atoms with Gasteiger partial charge in [0, 0.05) is 17.7 Å². The van der Waals surface area contributed by atoms with Gasteiger partial charge in [-0.3, -0.25) is 9.59 Å². The molecule has 1 aliphatic rings. The Morgan fingerprint density at radius 1 is 1.28 bits per heavy atom. The number of amides is 1. The van der Waals surface area contributed by atoms with Crippen molar-refractivity contribution in [1.82, 2.24) is 0 Å². The number of hydrogen-bond donors (Lipinski definition) is 1. The van der Waals surface area contributed by atoms with Crippen molar-refractivity contribution < 1.29 is 18.7 Å². The molecular formula is C20H20FNO3. The Kier molecular flexibility index (Phi) is 4.57. The van der Waals surface area contributed by atoms with E-state index in [0.29, 0.717) is 5.56 Å². The van der Waals surface area contributed by atoms with E-state index in [9.17, 15) is 14.0 Å². The Hall–Kier alpha value is -2.69. The van der Waals surface area contributed by atoms with Crippen LogP contribution in [-0.4, -0.2) is 18.3 Å². The van der Waals surface area contributed by atoms with Crippen molar-refractivity contribution in [2.75, 3.05) is 11.9 Å². The van der Waals surface area contributed by atoms with Gasteiger partial charge >= 0.3 is 0 Å². The molecule has 0 saturated heterocycles. The standard InChI is InChI=1S/C20H20FNO3/c1-11-5-4-6-15(13(11)3)22-18(24)10-25-17-8-7-14(21)19-12(2)9-16(23)20(17)19/h4-8,12H,9-10H2,1-3H3,(H,22,24)/t12-/m1/s1. The van der Waals surface area contributed by atoms with E-state index in [1.54, 1.807) is 0 Å². The average molecular weight is 341 g/mol. The number of carbonyl (C=O) groups excluding carboxylic acids is 2. The summed E-state index contributed by atoms with van der Waals surface area (Å²) < 4.78 is 19.5. The van der Waals surface area contributed by atoms with Crippen LogP contribution in [0.4, 0.5) is 10.1 Å². The van der Waals surface area contributed by atoms with Gasteiger partial charge in [-0.15, -0.1) is 0 Å². The van der Waals surface area contributed by atoms with Crippen LogP contribution in [0.1, 0.15) is 46.3 Å². The quantitative estimate of drug-likeness (QED) is 0.909. The highest BCUT2D eigenvalue weighted by Crippen LogP contribution is 2.39. The monoisotopic (exact) mass is 341 g/mol. The molecule has 0 spiro atoms. The van der Waals surface area contributed by atoms with Crippen molar-refractivity contribution in [2.45, 2.75) is 33.1 Å². The van der Waals surface area contributed by atoms with Crippen molar-refractivity contribution in [3.8, 4) is 5.75 Å². The number of ether oxygens (including phenoxy) is 1. The molecule has 25 heavy (non-hydrogen) atoms. The predicted octanol–water partition coefficient (Wildman–Crippen LogP) is 4.15. The fourth-order valence-electron chi connectivity index (χ4n) is 3.16. The first kappa shape index (κ1) is 17.1. The molecule has 0 saturated carbocycles. The molecule has 0 fully saturated rings. The van der Waals surface area contributed by atoms with Crippen molar-refractivity contribution in [1.29, 1.82) is 0 Å². The topological polar surface area (TPSA) is 55.4 Å². The Bertz CT molecular complexity index is 860. The highest BCUT2D eigenvalue weighted by molar-refractivity contribution is 6.04. The normalized spacial score (nSPS) is 15.8. The van der Waals surface area contributed by atoms with Gasteiger partial charge in [-0.25, -0.2) is 4.39 Å². The second-order valence-electron chi connectivity index (χ2n) is 6.45. The van der Waals surface area contributed by atoms with Crippen LogP contribution in [0.2, 0.25) is 0 Å². The van der Waals surface area contributed by atoms with Gasteiger partial charge in [0.15, 0.2) is 12.4 Å². The molecule has 1 N–H and O–H groups in total. The summed E-state index contributed by atoms with van der Waals surface area (Å²) in [5, 5.41) is 2.80. The zero-order valence-electron chi connectivity index (χ0n) is 14.5. The molecule has 2 aromatic carbocycles. The minimum absolute atomic E-state index is 0.146. The lowest BCUT2D eigenvalue weighted by molar-refractivity contribution is -0.118. The Labute approximate surface area is 146 Å². The van der Waals surface area contributed by atoms with E-state index >= 15 is 0 Å². The van der Waals surface area contributed by atoms with E-state index in [4.69, 9.17) is 4.74 Å². The maximum Gasteiger partial charge on any atom is 0.262 e. The summed E-state index contributed by atoms with van der Waals surface area (Å²) in [6.07, 6.45) is 0.265. The van der Waals surface area contributed by atoms with Gasteiger partial charge in [-0.2, -0.15) is 0 Å². The third-order valence-electron chi connectivity index (χ3n) is 4.65. The highest BCUT2D eigenvalue weighted by atomic mass is 19.1. The highest BCUT2D eigenvalue weighted by Gasteiger charge is 2.32. The third kappa shape index (κ3) is 3.27. The first-order chi connectivity index (χ1) is 11.9. The first-order valence-corrected chi connectivity index (χ1v) is 8.23. The molecule has 0 heterocycles. The van der Waals surface area contributed by atoms with Gasteiger partial charge < -0.3 is 10.1 Å². The van der Waals surface area contributed by atoms with Crippen LogP contribution in [0.15, 0.2) is 30.3 Å². The summed E-state index contributed by atoms with van der Waals surface area (Å²) in [5.74, 6) is -0.783. The minimum Gasteiger partial charge on any atom is -0.483 e. The largest absolute Gasteiger partial charge is 0.483 e. The van der Waals surface area contributed by atoms with Crippen molar-refractivity contribution >= 4 is 17.4 Å². The number of nitrogens with one attached hydrogen (secondary N) is 1. The molecule has 0 aromatic heterocycles. The number of anilines is 1. The van der Waals surface area contributed by atoms with Gasteiger partial charge in [0.05, 0.1) is 5.56 Å². The van der Waals surface area contributed by atoms with Crippen molar-refractivity contribution in [2.24, 2.45) is 0 Å². The Morgan fingerprint density at radius 2 is 2.04 bits per heavy atom. The van der Waals surface area contributed by atoms with Crippen LogP contribution < -0.4 is 10.1 Å². The van der Waals surface area contributed by atoms with Gasteiger partial charge in [-0.1, -0.05) is 19.1 Å². The molecule has 5 heteroatoms. The number of Topliss-reactive ketones (excluding diaryl/α,β-unsaturated/α-hetero) is 1. The van der Waals surface area contributed by atoms with Crippen LogP contribution in [-0.2, 0) is 4.79 Å². The Balaban J connectivity index is 1.73. The minimum atomic E-state index is -0.402. The molecule has 130 valence electrons. The van der Waals surface area contributed by atoms with Crippen LogP contribution in [0.3, 0.4) is 0 Å². The maximum absolute atomic E-state index is 14.0. The van der Waals surface area contributed by atoms with E-state index in [1.807, 2.05) is 39.0 Å². The van der Waals surface area contributed by atoms with Gasteiger partial charge in [-0.05, 0) is 49.1 Å². The lowest BCUT2D eigenvalue weighted by Crippen LogP contribution is -2.21. The summed E-state index contributed by atoms with van der Waals surface area (Å²) in [7, 11) is 0. The zero-order chi connectivity index (χ0) is 18.1. The number of carbonyl (C=O) groups is 2. The zero-order valence-corrected chi connectivity index (χ0v) is 14.5. The molecule has 4 nitrogen and oxygen atoms in total. The number of ketones is 1. The molecule has 1 atom stereocenters. The van der Waals surface area contributed by atoms with E-state index in [2.05, 4.69) is 5.32 Å². The molecule has 0 unspecified atom stereocenters. The molecule has 0 radical (unpaired) electrons. The number of halogens is 1. The second-order valence-corrected chi connectivity index (χ2v) is 6.45. The molecule has 1 aliphatic carbocycles. The average Bonchev–Trinajstić information content (AvgIpc) is 2.87. The van der Waals surface area contributed by atoms with Gasteiger partial charge in [0.1, 0.15) is 11.6 Å². The number of fused-ring (bicyclic) bond motifs is 1. The number of rotatable bonds is 4. The lowest BCUT2D eigenvalue weighted by atomic mass is 10.0. The summed E-state index contributed by atoms with van der Waals surface area (Å²) in [6.45, 7) is 5.46. The van der Waals surface area contributed by atoms with Crippen LogP contribution in [0, 0.1) is 19.7 Å². The maximum atomic E-state index is 14.0. The van der Waals surface area contributed by atoms with Crippen LogP contribution in [0.5, 0.6) is 5.75 Å². The van der Waals surface area contributed by atoms with Crippen molar-refractivity contribution in [3.63, 3.8) is 0 Å². The first-order valence-electron chi connectivity index (χ1n) is 8.23. The fourth-order valence-corrected chi connectivity index (χ4v) is 3.16. The molecule has 2 aromatic rings. The number of hydrogen-bond acceptors (Lipinski definition) is 3. The van der Waals surface area contributed by atoms with Gasteiger partial charge in [0.2, 0.25) is 0 Å². The molecular weight excluding hydrogens is 321 g/mol. The third-order valence-corrected chi connectivity index (χ3v) is 4.65. The molecule has 0 aliphatic heterocycles. The predicted molar refractivity (Wildman–Crippen MR) is 93.8 cm³/mol. The van der Waals surface area contributed by atoms with Crippen molar-refractivity contribution in [3.05, 3.63) is 58.4 Å². The SMILES string of the molecule is Cc1cccc(NC(=O)COc2ccc(F)c3c2C(=O)C[C@H]3C)c1C. The van der Waals surface area contributed by atoms with E-state index in [0.717, 1.165) is 16.8 Å². The molecule has 0 bridgehead atoms. The molecule has 3 rings (SSSR count). The lowest BCUT2D eigenvalue weighted by Gasteiger charge is -2.13. The smallest absolute Gasteiger partial charge is 0.262 e. The van der Waals surface area contributed by atoms with E-state index in [1.165, 1.54) is 12.1 Å². The second kappa shape index (κ2) is 6.67. The molecule has 1 amide bonds. The summed E-state index contributed by atoms with van der Waals surface area (Å²) >= 11 is 0. The Morgan fingerprint density at radius 3 is 2.80 bits per heavy atom. The number of aryl methyl sites for hydroxylation is 1. The van der Waals surface area contributed by atoms with E-state index < -0.39 is 5.82 Å². The summed E-state index contributed by atoms with van der Waals surface area (Å²) in [4.78, 5) is 24.3. The number of benzene rings is 2. The van der Waals surface area contributed by atoms with Gasteiger partial charge in [0.25, 0.3) is 5.91 Å². The van der Waals surface area contributed by atoms with Crippen LogP contribution in [0.25, 0.3) is 0 Å².